The summed E-state index contributed by atoms with van der Waals surface area (Å²) in [5, 5.41) is 11.6. The van der Waals surface area contributed by atoms with Gasteiger partial charge in [-0.1, -0.05) is 12.1 Å². The molecule has 2 heterocycles. The van der Waals surface area contributed by atoms with Crippen molar-refractivity contribution in [2.75, 3.05) is 31.0 Å². The highest BCUT2D eigenvalue weighted by atomic mass is 32.1. The number of carbonyl (C=O) groups is 2. The molecule has 0 saturated carbocycles. The minimum absolute atomic E-state index is 0.204. The number of nitrogens with zero attached hydrogens (tertiary/aromatic N) is 2. The predicted molar refractivity (Wildman–Crippen MR) is 145 cm³/mol. The van der Waals surface area contributed by atoms with Gasteiger partial charge in [0, 0.05) is 0 Å². The van der Waals surface area contributed by atoms with Crippen LogP contribution in [0.2, 0.25) is 0 Å². The van der Waals surface area contributed by atoms with Gasteiger partial charge in [0.2, 0.25) is 0 Å². The third-order valence-corrected chi connectivity index (χ3v) is 6.79. The Labute approximate surface area is 219 Å². The summed E-state index contributed by atoms with van der Waals surface area (Å²) in [6.45, 7) is 9.97. The van der Waals surface area contributed by atoms with E-state index in [2.05, 4.69) is 15.7 Å². The highest BCUT2D eigenvalue weighted by Gasteiger charge is 2.27. The number of hydrogen-bond acceptors (Lipinski definition) is 8. The molecule has 3 rings (SSSR count). The quantitative estimate of drug-likeness (QED) is 0.289. The minimum Gasteiger partial charge on any atom is -0.497 e. The topological polar surface area (TPSA) is 104 Å². The molecule has 0 spiro atoms. The van der Waals surface area contributed by atoms with Gasteiger partial charge in [-0.3, -0.25) is 4.68 Å². The van der Waals surface area contributed by atoms with Crippen LogP contribution in [0.25, 0.3) is 0 Å². The maximum atomic E-state index is 12.7. The number of nitrogens with one attached hydrogen (secondary N) is 2. The van der Waals surface area contributed by atoms with Crippen molar-refractivity contribution in [2.24, 2.45) is 0 Å². The monoisotopic (exact) mass is 530 g/mol. The molecule has 0 aliphatic carbocycles. The van der Waals surface area contributed by atoms with E-state index in [1.165, 1.54) is 0 Å². The molecule has 192 valence electrons. The second-order valence-electron chi connectivity index (χ2n) is 7.84. The first-order valence-electron chi connectivity index (χ1n) is 11.4. The zero-order chi connectivity index (χ0) is 26.4. The number of benzene rings is 1. The maximum Gasteiger partial charge on any atom is 0.348 e. The summed E-state index contributed by atoms with van der Waals surface area (Å²) in [5.41, 5.74) is 4.20. The van der Waals surface area contributed by atoms with Crippen molar-refractivity contribution < 1.29 is 23.8 Å². The van der Waals surface area contributed by atoms with E-state index in [4.69, 9.17) is 26.4 Å². The van der Waals surface area contributed by atoms with Gasteiger partial charge in [-0.25, -0.2) is 9.59 Å². The molecule has 0 unspecified atom stereocenters. The van der Waals surface area contributed by atoms with Gasteiger partial charge >= 0.3 is 11.9 Å². The minimum atomic E-state index is -0.537. The van der Waals surface area contributed by atoms with Gasteiger partial charge in [-0.2, -0.15) is 5.10 Å². The number of anilines is 2. The molecule has 0 atom stereocenters. The van der Waals surface area contributed by atoms with Gasteiger partial charge in [-0.15, -0.1) is 11.3 Å². The number of thiophene rings is 1. The zero-order valence-electron chi connectivity index (χ0n) is 21.2. The molecule has 0 bridgehead atoms. The van der Waals surface area contributed by atoms with Crippen molar-refractivity contribution in [3.8, 4) is 5.75 Å². The van der Waals surface area contributed by atoms with Gasteiger partial charge in [0.25, 0.3) is 0 Å². The SMILES string of the molecule is CCOC(=O)c1sc(NC(=S)Nc2c(C)nn(Cc3cccc(OC)c3)c2C)c(C(=O)OCC)c1C. The van der Waals surface area contributed by atoms with Crippen LogP contribution in [0.15, 0.2) is 24.3 Å². The van der Waals surface area contributed by atoms with E-state index in [0.29, 0.717) is 22.0 Å². The first kappa shape index (κ1) is 27.2. The van der Waals surface area contributed by atoms with Crippen molar-refractivity contribution >= 4 is 51.3 Å². The Morgan fingerprint density at radius 1 is 1.08 bits per heavy atom. The van der Waals surface area contributed by atoms with Crippen LogP contribution in [-0.4, -0.2) is 47.2 Å². The number of aryl methyl sites for hydroxylation is 1. The van der Waals surface area contributed by atoms with Gasteiger partial charge in [-0.05, 0) is 70.1 Å². The molecule has 1 aromatic carbocycles. The van der Waals surface area contributed by atoms with Crippen molar-refractivity contribution in [3.05, 3.63) is 57.2 Å². The van der Waals surface area contributed by atoms with Crippen LogP contribution in [0.1, 0.15) is 56.4 Å². The van der Waals surface area contributed by atoms with Crippen molar-refractivity contribution in [3.63, 3.8) is 0 Å². The number of thiocarbonyl (C=S) groups is 1. The normalized spacial score (nSPS) is 10.6. The zero-order valence-corrected chi connectivity index (χ0v) is 22.8. The molecule has 36 heavy (non-hydrogen) atoms. The molecule has 0 aliphatic heterocycles. The van der Waals surface area contributed by atoms with E-state index in [-0.39, 0.29) is 23.9 Å². The lowest BCUT2D eigenvalue weighted by Crippen LogP contribution is -2.21. The fourth-order valence-corrected chi connectivity index (χ4v) is 5.03. The number of methoxy groups -OCH3 is 1. The second kappa shape index (κ2) is 12.0. The van der Waals surface area contributed by atoms with E-state index in [9.17, 15) is 9.59 Å². The van der Waals surface area contributed by atoms with E-state index >= 15 is 0 Å². The van der Waals surface area contributed by atoms with Crippen molar-refractivity contribution in [2.45, 2.75) is 41.2 Å². The summed E-state index contributed by atoms with van der Waals surface area (Å²) in [7, 11) is 1.64. The Morgan fingerprint density at radius 3 is 2.44 bits per heavy atom. The number of hydrogen-bond donors (Lipinski definition) is 2. The van der Waals surface area contributed by atoms with Crippen LogP contribution < -0.4 is 15.4 Å². The standard InChI is InChI=1S/C25H30N4O5S2/c1-7-33-23(30)19-14(3)21(24(31)34-8-2)36-22(19)27-25(35)26-20-15(4)28-29(16(20)5)13-17-10-9-11-18(12-17)32-6/h9-12H,7-8,13H2,1-6H3,(H2,26,27,35). The largest absolute Gasteiger partial charge is 0.497 e. The molecule has 9 nitrogen and oxygen atoms in total. The van der Waals surface area contributed by atoms with Gasteiger partial charge < -0.3 is 24.8 Å². The van der Waals surface area contributed by atoms with Crippen LogP contribution in [0.4, 0.5) is 10.7 Å². The smallest absolute Gasteiger partial charge is 0.348 e. The molecule has 2 N–H and O–H groups in total. The molecule has 2 aromatic heterocycles. The van der Waals surface area contributed by atoms with Crippen LogP contribution in [0, 0.1) is 20.8 Å². The highest BCUT2D eigenvalue weighted by Crippen LogP contribution is 2.34. The van der Waals surface area contributed by atoms with Crippen molar-refractivity contribution in [1.29, 1.82) is 0 Å². The van der Waals surface area contributed by atoms with Gasteiger partial charge in [0.1, 0.15) is 15.6 Å². The summed E-state index contributed by atoms with van der Waals surface area (Å²) in [6.07, 6.45) is 0. The molecule has 0 aliphatic rings. The number of aromatic nitrogens is 2. The lowest BCUT2D eigenvalue weighted by Gasteiger charge is -2.12. The van der Waals surface area contributed by atoms with Crippen LogP contribution in [0.5, 0.6) is 5.75 Å². The molecule has 0 radical (unpaired) electrons. The summed E-state index contributed by atoms with van der Waals surface area (Å²) in [5.74, 6) is -0.253. The predicted octanol–water partition coefficient (Wildman–Crippen LogP) is 5.09. The first-order chi connectivity index (χ1) is 17.2. The number of carbonyl (C=O) groups excluding carboxylic acids is 2. The van der Waals surface area contributed by atoms with Gasteiger partial charge in [0.15, 0.2) is 5.11 Å². The van der Waals surface area contributed by atoms with E-state index in [1.807, 2.05) is 42.8 Å². The van der Waals surface area contributed by atoms with Crippen LogP contribution >= 0.6 is 23.6 Å². The average Bonchev–Trinajstić information content (AvgIpc) is 3.30. The third kappa shape index (κ3) is 6.03. The number of esters is 2. The maximum absolute atomic E-state index is 12.7. The van der Waals surface area contributed by atoms with Crippen LogP contribution in [0.3, 0.4) is 0 Å². The first-order valence-corrected chi connectivity index (χ1v) is 12.6. The molecular weight excluding hydrogens is 500 g/mol. The fourth-order valence-electron chi connectivity index (χ4n) is 3.67. The molecule has 11 heteroatoms. The molecular formula is C25H30N4O5S2. The molecule has 0 fully saturated rings. The fraction of sp³-hybridized carbons (Fsp3) is 0.360. The van der Waals surface area contributed by atoms with Crippen molar-refractivity contribution in [1.82, 2.24) is 9.78 Å². The Balaban J connectivity index is 1.83. The summed E-state index contributed by atoms with van der Waals surface area (Å²) >= 11 is 6.65. The Bertz CT molecular complexity index is 1280. The number of rotatable bonds is 9. The summed E-state index contributed by atoms with van der Waals surface area (Å²) in [6, 6.07) is 7.81. The Hall–Kier alpha value is -3.44. The van der Waals surface area contributed by atoms with E-state index in [0.717, 1.165) is 39.7 Å². The summed E-state index contributed by atoms with van der Waals surface area (Å²) in [4.78, 5) is 25.4. The molecule has 0 amide bonds. The van der Waals surface area contributed by atoms with Crippen LogP contribution in [-0.2, 0) is 16.0 Å². The second-order valence-corrected chi connectivity index (χ2v) is 9.26. The molecule has 3 aromatic rings. The lowest BCUT2D eigenvalue weighted by atomic mass is 10.1. The lowest BCUT2D eigenvalue weighted by molar-refractivity contribution is 0.0527. The number of ether oxygens (including phenoxy) is 3. The van der Waals surface area contributed by atoms with E-state index < -0.39 is 11.9 Å². The third-order valence-electron chi connectivity index (χ3n) is 5.40. The van der Waals surface area contributed by atoms with Gasteiger partial charge in [0.05, 0.1) is 49.5 Å². The van der Waals surface area contributed by atoms with E-state index in [1.54, 1.807) is 27.9 Å². The Morgan fingerprint density at radius 2 is 1.78 bits per heavy atom. The summed E-state index contributed by atoms with van der Waals surface area (Å²) < 4.78 is 17.5. The molecule has 0 saturated heterocycles. The Kier molecular flexibility index (Phi) is 9.05. The average molecular weight is 531 g/mol. The highest BCUT2D eigenvalue weighted by molar-refractivity contribution is 7.80.